The highest BCUT2D eigenvalue weighted by atomic mass is 35.5. The van der Waals surface area contributed by atoms with Gasteiger partial charge in [-0.05, 0) is 0 Å². The predicted octanol–water partition coefficient (Wildman–Crippen LogP) is 0.928. The first-order chi connectivity index (χ1) is 5.46. The molecule has 1 heterocycles. The van der Waals surface area contributed by atoms with Gasteiger partial charge in [0.2, 0.25) is 0 Å². The van der Waals surface area contributed by atoms with Crippen LogP contribution in [-0.2, 0) is 9.53 Å². The average molecular weight is 204 g/mol. The molecule has 12 heavy (non-hydrogen) atoms. The predicted molar refractivity (Wildman–Crippen MR) is 33.3 cm³/mol. The first-order valence-corrected chi connectivity index (χ1v) is 3.45. The molecule has 1 saturated heterocycles. The van der Waals surface area contributed by atoms with Gasteiger partial charge in [0.05, 0.1) is 0 Å². The Balaban J connectivity index is 2.73. The third-order valence-electron chi connectivity index (χ3n) is 1.47. The van der Waals surface area contributed by atoms with E-state index in [1.807, 2.05) is 0 Å². The lowest BCUT2D eigenvalue weighted by Crippen LogP contribution is -2.44. The van der Waals surface area contributed by atoms with Crippen molar-refractivity contribution in [1.29, 1.82) is 0 Å². The van der Waals surface area contributed by atoms with Gasteiger partial charge < -0.3 is 9.53 Å². The fourth-order valence-electron chi connectivity index (χ4n) is 0.855. The maximum atomic E-state index is 12.0. The fourth-order valence-corrected chi connectivity index (χ4v) is 1.11. The molecule has 1 fully saturated rings. The van der Waals surface area contributed by atoms with Gasteiger partial charge in [0, 0.05) is 0 Å². The second kappa shape index (κ2) is 3.20. The van der Waals surface area contributed by atoms with Crippen molar-refractivity contribution in [2.75, 3.05) is 6.73 Å². The van der Waals surface area contributed by atoms with Crippen LogP contribution in [0.5, 0.6) is 0 Å². The van der Waals surface area contributed by atoms with Gasteiger partial charge in [0.15, 0.2) is 5.56 Å². The highest BCUT2D eigenvalue weighted by Gasteiger charge is 2.49. The minimum Gasteiger partial charge on any atom is -0.345 e. The zero-order chi connectivity index (χ0) is 9.35. The smallest absolute Gasteiger partial charge is 0.345 e. The van der Waals surface area contributed by atoms with E-state index in [4.69, 9.17) is 11.6 Å². The van der Waals surface area contributed by atoms with Crippen LogP contribution in [0.4, 0.5) is 13.2 Å². The summed E-state index contributed by atoms with van der Waals surface area (Å²) in [4.78, 5) is 10.1. The number of rotatable bonds is 1. The minimum atomic E-state index is -4.57. The van der Waals surface area contributed by atoms with Gasteiger partial charge in [0.25, 0.3) is 0 Å². The van der Waals surface area contributed by atoms with E-state index in [2.05, 4.69) is 4.74 Å². The van der Waals surface area contributed by atoms with Crippen molar-refractivity contribution < 1.29 is 22.7 Å². The number of carbonyl (C=O) groups excluding carboxylic acids is 1. The standard InChI is InChI=1S/C5H5ClF3NO2/c6-4-3(1-11)10(2-12-4)5(7,8)9/h1,3-4H,2H2. The third-order valence-corrected chi connectivity index (χ3v) is 1.85. The number of aldehydes is 1. The van der Waals surface area contributed by atoms with E-state index < -0.39 is 24.6 Å². The Morgan fingerprint density at radius 3 is 2.50 bits per heavy atom. The molecule has 1 aliphatic heterocycles. The van der Waals surface area contributed by atoms with Gasteiger partial charge in [-0.25, -0.2) is 0 Å². The minimum absolute atomic E-state index is 0.0579. The van der Waals surface area contributed by atoms with E-state index >= 15 is 0 Å². The molecule has 0 saturated carbocycles. The Kier molecular flexibility index (Phi) is 2.60. The summed E-state index contributed by atoms with van der Waals surface area (Å²) >= 11 is 5.28. The van der Waals surface area contributed by atoms with Crippen molar-refractivity contribution in [3.63, 3.8) is 0 Å². The molecule has 1 aliphatic rings. The average Bonchev–Trinajstić information content (AvgIpc) is 2.29. The van der Waals surface area contributed by atoms with Crippen molar-refractivity contribution in [3.05, 3.63) is 0 Å². The summed E-state index contributed by atoms with van der Waals surface area (Å²) in [6, 6.07) is -1.44. The van der Waals surface area contributed by atoms with Gasteiger partial charge in [0.1, 0.15) is 19.1 Å². The quantitative estimate of drug-likeness (QED) is 0.361. The second-order valence-electron chi connectivity index (χ2n) is 2.21. The zero-order valence-corrected chi connectivity index (χ0v) is 6.47. The van der Waals surface area contributed by atoms with Crippen molar-refractivity contribution in [1.82, 2.24) is 4.90 Å². The fraction of sp³-hybridized carbons (Fsp3) is 0.800. The largest absolute Gasteiger partial charge is 0.462 e. The molecule has 0 aromatic carbocycles. The third kappa shape index (κ3) is 1.70. The van der Waals surface area contributed by atoms with Crippen LogP contribution in [0.1, 0.15) is 0 Å². The van der Waals surface area contributed by atoms with Gasteiger partial charge >= 0.3 is 6.30 Å². The Hall–Kier alpha value is -0.330. The number of carbonyl (C=O) groups is 1. The summed E-state index contributed by atoms with van der Waals surface area (Å²) in [5.74, 6) is 0. The maximum Gasteiger partial charge on any atom is 0.462 e. The van der Waals surface area contributed by atoms with Crippen LogP contribution >= 0.6 is 11.6 Å². The van der Waals surface area contributed by atoms with Gasteiger partial charge in [-0.2, -0.15) is 18.1 Å². The normalized spacial score (nSPS) is 32.3. The molecule has 2 unspecified atom stereocenters. The molecule has 2 atom stereocenters. The Bertz CT molecular complexity index is 186. The monoisotopic (exact) mass is 203 g/mol. The highest BCUT2D eigenvalue weighted by Crippen LogP contribution is 2.30. The lowest BCUT2D eigenvalue weighted by molar-refractivity contribution is -0.253. The lowest BCUT2D eigenvalue weighted by atomic mass is 10.3. The Morgan fingerprint density at radius 1 is 1.58 bits per heavy atom. The Morgan fingerprint density at radius 2 is 2.17 bits per heavy atom. The molecule has 0 amide bonds. The molecular formula is C5H5ClF3NO2. The maximum absolute atomic E-state index is 12.0. The van der Waals surface area contributed by atoms with E-state index in [1.165, 1.54) is 0 Å². The summed E-state index contributed by atoms with van der Waals surface area (Å²) in [6.45, 7) is -0.693. The number of hydrogen-bond donors (Lipinski definition) is 0. The zero-order valence-electron chi connectivity index (χ0n) is 5.71. The highest BCUT2D eigenvalue weighted by molar-refractivity contribution is 6.21. The van der Waals surface area contributed by atoms with E-state index in [0.717, 1.165) is 0 Å². The molecular weight excluding hydrogens is 199 g/mol. The number of nitrogens with zero attached hydrogens (tertiary/aromatic N) is 1. The van der Waals surface area contributed by atoms with Gasteiger partial charge in [-0.3, -0.25) is 0 Å². The summed E-state index contributed by atoms with van der Waals surface area (Å²) < 4.78 is 40.4. The summed E-state index contributed by atoms with van der Waals surface area (Å²) in [6.07, 6.45) is -4.45. The molecule has 70 valence electrons. The van der Waals surface area contributed by atoms with Crippen molar-refractivity contribution in [2.24, 2.45) is 0 Å². The van der Waals surface area contributed by atoms with Crippen molar-refractivity contribution in [2.45, 2.75) is 17.9 Å². The molecule has 7 heteroatoms. The van der Waals surface area contributed by atoms with Gasteiger partial charge in [-0.15, -0.1) is 0 Å². The van der Waals surface area contributed by atoms with Crippen LogP contribution in [0.25, 0.3) is 0 Å². The van der Waals surface area contributed by atoms with Crippen LogP contribution in [0.3, 0.4) is 0 Å². The van der Waals surface area contributed by atoms with E-state index in [1.54, 1.807) is 0 Å². The SMILES string of the molecule is O=CC1C(Cl)OCN1C(F)(F)F. The molecule has 0 aliphatic carbocycles. The lowest BCUT2D eigenvalue weighted by Gasteiger charge is -2.20. The molecule has 0 aromatic heterocycles. The molecule has 3 nitrogen and oxygen atoms in total. The second-order valence-corrected chi connectivity index (χ2v) is 2.64. The molecule has 1 rings (SSSR count). The molecule has 0 N–H and O–H groups in total. The number of alkyl halides is 4. The van der Waals surface area contributed by atoms with Crippen LogP contribution in [0.15, 0.2) is 0 Å². The number of ether oxygens (including phenoxy) is 1. The van der Waals surface area contributed by atoms with E-state index in [0.29, 0.717) is 0 Å². The number of hydrogen-bond acceptors (Lipinski definition) is 3. The summed E-state index contributed by atoms with van der Waals surface area (Å²) in [5, 5.41) is 0. The van der Waals surface area contributed by atoms with E-state index in [9.17, 15) is 18.0 Å². The summed E-state index contributed by atoms with van der Waals surface area (Å²) in [7, 11) is 0. The van der Waals surface area contributed by atoms with Gasteiger partial charge in [-0.1, -0.05) is 11.6 Å². The van der Waals surface area contributed by atoms with Crippen LogP contribution < -0.4 is 0 Å². The molecule has 0 bridgehead atoms. The van der Waals surface area contributed by atoms with Crippen LogP contribution in [0, 0.1) is 0 Å². The molecule has 0 radical (unpaired) electrons. The number of halogens is 4. The first-order valence-electron chi connectivity index (χ1n) is 3.01. The Labute approximate surface area is 71.0 Å². The molecule has 0 spiro atoms. The molecule has 0 aromatic rings. The van der Waals surface area contributed by atoms with Crippen LogP contribution in [-0.4, -0.2) is 35.8 Å². The first kappa shape index (κ1) is 9.76. The van der Waals surface area contributed by atoms with Crippen molar-refractivity contribution in [3.8, 4) is 0 Å². The van der Waals surface area contributed by atoms with Crippen LogP contribution in [0.2, 0.25) is 0 Å². The van der Waals surface area contributed by atoms with Crippen molar-refractivity contribution >= 4 is 17.9 Å². The van der Waals surface area contributed by atoms with E-state index in [-0.39, 0.29) is 11.2 Å². The topological polar surface area (TPSA) is 29.5 Å². The summed E-state index contributed by atoms with van der Waals surface area (Å²) in [5.41, 5.74) is -1.22.